The zero-order chi connectivity index (χ0) is 22.4. The van der Waals surface area contributed by atoms with Crippen molar-refractivity contribution in [2.45, 2.75) is 38.9 Å². The van der Waals surface area contributed by atoms with Crippen molar-refractivity contribution in [3.63, 3.8) is 0 Å². The first-order valence-electron chi connectivity index (χ1n) is 11.5. The van der Waals surface area contributed by atoms with Gasteiger partial charge in [0.25, 0.3) is 5.89 Å². The van der Waals surface area contributed by atoms with E-state index in [0.29, 0.717) is 17.8 Å². The van der Waals surface area contributed by atoms with Gasteiger partial charge in [-0.25, -0.2) is 0 Å². The van der Waals surface area contributed by atoms with Crippen LogP contribution in [0.15, 0.2) is 71.3 Å². The van der Waals surface area contributed by atoms with Gasteiger partial charge in [-0.2, -0.15) is 4.98 Å². The normalized spacial score (nSPS) is 19.8. The summed E-state index contributed by atoms with van der Waals surface area (Å²) in [6, 6.07) is 23.6. The van der Waals surface area contributed by atoms with E-state index in [4.69, 9.17) is 9.51 Å². The molecular weight excluding hydrogens is 410 g/mol. The summed E-state index contributed by atoms with van der Waals surface area (Å²) in [4.78, 5) is 18.1. The number of fused-ring (bicyclic) bond motifs is 1. The van der Waals surface area contributed by atoms with E-state index in [2.05, 4.69) is 71.6 Å². The molecule has 1 aromatic heterocycles. The van der Waals surface area contributed by atoms with Gasteiger partial charge in [0, 0.05) is 36.2 Å². The quantitative estimate of drug-likeness (QED) is 0.378. The summed E-state index contributed by atoms with van der Waals surface area (Å²) >= 11 is 0. The average Bonchev–Trinajstić information content (AvgIpc) is 3.46. The molecule has 0 spiro atoms. The second-order valence-corrected chi connectivity index (χ2v) is 9.23. The van der Waals surface area contributed by atoms with Crippen molar-refractivity contribution in [2.75, 3.05) is 0 Å². The molecule has 1 aliphatic carbocycles. The van der Waals surface area contributed by atoms with E-state index in [0.717, 1.165) is 43.3 Å². The number of aryl methyl sites for hydroxylation is 1. The predicted octanol–water partition coefficient (Wildman–Crippen LogP) is 5.67. The molecule has 5 heteroatoms. The molecule has 5 nitrogen and oxygen atoms in total. The predicted molar refractivity (Wildman–Crippen MR) is 127 cm³/mol. The van der Waals surface area contributed by atoms with Gasteiger partial charge in [-0.1, -0.05) is 53.7 Å². The fourth-order valence-corrected chi connectivity index (χ4v) is 5.05. The van der Waals surface area contributed by atoms with Crippen LogP contribution in [-0.4, -0.2) is 27.4 Å². The summed E-state index contributed by atoms with van der Waals surface area (Å²) in [6.07, 6.45) is 3.07. The van der Waals surface area contributed by atoms with Gasteiger partial charge in [-0.05, 0) is 65.8 Å². The van der Waals surface area contributed by atoms with E-state index >= 15 is 0 Å². The summed E-state index contributed by atoms with van der Waals surface area (Å²) in [7, 11) is 0. The number of carbonyl (C=O) groups is 1. The van der Waals surface area contributed by atoms with Crippen molar-refractivity contribution in [1.82, 2.24) is 15.0 Å². The molecule has 0 amide bonds. The zero-order valence-corrected chi connectivity index (χ0v) is 18.6. The lowest BCUT2D eigenvalue weighted by molar-refractivity contribution is -0.115. The molecule has 0 atom stereocenters. The van der Waals surface area contributed by atoms with Gasteiger partial charge in [-0.3, -0.25) is 4.90 Å². The second-order valence-electron chi connectivity index (χ2n) is 9.23. The number of hydrogen-bond donors (Lipinski definition) is 0. The smallest absolute Gasteiger partial charge is 0.258 e. The standard InChI is InChI=1S/C28H25N3O2/c1-18-11-22(9-10-26(18)20-5-3-2-4-6-20)28-29-27(30-33-28)21-7-8-23-15-31(16-24(23)14-21)25-12-19(13-25)17-32/h2-11,14,17,19,25H,12-13,15-16H2,1H3/t19-,25+. The van der Waals surface area contributed by atoms with Crippen LogP contribution in [0.4, 0.5) is 0 Å². The molecule has 2 heterocycles. The molecule has 0 bridgehead atoms. The van der Waals surface area contributed by atoms with E-state index in [-0.39, 0.29) is 5.92 Å². The number of rotatable bonds is 5. The number of nitrogens with zero attached hydrogens (tertiary/aromatic N) is 3. The Morgan fingerprint density at radius 2 is 1.70 bits per heavy atom. The van der Waals surface area contributed by atoms with Crippen molar-refractivity contribution < 1.29 is 9.32 Å². The minimum Gasteiger partial charge on any atom is -0.334 e. The first-order valence-corrected chi connectivity index (χ1v) is 11.5. The van der Waals surface area contributed by atoms with Crippen molar-refractivity contribution in [3.05, 3.63) is 83.4 Å². The van der Waals surface area contributed by atoms with E-state index in [1.54, 1.807) is 0 Å². The molecule has 0 radical (unpaired) electrons. The third kappa shape index (κ3) is 3.68. The maximum atomic E-state index is 10.9. The highest BCUT2D eigenvalue weighted by Crippen LogP contribution is 2.37. The van der Waals surface area contributed by atoms with Gasteiger partial charge in [0.1, 0.15) is 6.29 Å². The van der Waals surface area contributed by atoms with Gasteiger partial charge in [0.15, 0.2) is 0 Å². The largest absolute Gasteiger partial charge is 0.334 e. The monoisotopic (exact) mass is 435 g/mol. The van der Waals surface area contributed by atoms with Crippen LogP contribution >= 0.6 is 0 Å². The Morgan fingerprint density at radius 1 is 0.909 bits per heavy atom. The topological polar surface area (TPSA) is 59.2 Å². The molecule has 1 fully saturated rings. The highest BCUT2D eigenvalue weighted by Gasteiger charge is 2.36. The van der Waals surface area contributed by atoms with Crippen LogP contribution < -0.4 is 0 Å². The minimum absolute atomic E-state index is 0.248. The van der Waals surface area contributed by atoms with Crippen molar-refractivity contribution in [3.8, 4) is 34.0 Å². The highest BCUT2D eigenvalue weighted by atomic mass is 16.5. The Balaban J connectivity index is 1.21. The molecule has 0 saturated heterocycles. The van der Waals surface area contributed by atoms with E-state index in [1.165, 1.54) is 27.8 Å². The SMILES string of the molecule is Cc1cc(-c2nc(-c3ccc4c(c3)CN([C@H]3C[C@@H](C=O)C3)C4)no2)ccc1-c1ccccc1. The first kappa shape index (κ1) is 20.1. The molecule has 3 aromatic carbocycles. The van der Waals surface area contributed by atoms with Crippen LogP contribution in [0.2, 0.25) is 0 Å². The maximum Gasteiger partial charge on any atom is 0.258 e. The Bertz CT molecular complexity index is 1320. The lowest BCUT2D eigenvalue weighted by Gasteiger charge is -2.38. The number of aldehydes is 1. The first-order chi connectivity index (χ1) is 16.2. The summed E-state index contributed by atoms with van der Waals surface area (Å²) < 4.78 is 5.63. The summed E-state index contributed by atoms with van der Waals surface area (Å²) in [5.41, 5.74) is 8.14. The van der Waals surface area contributed by atoms with Crippen molar-refractivity contribution in [2.24, 2.45) is 5.92 Å². The number of aromatic nitrogens is 2. The molecule has 2 aliphatic rings. The number of hydrogen-bond acceptors (Lipinski definition) is 5. The zero-order valence-electron chi connectivity index (χ0n) is 18.6. The highest BCUT2D eigenvalue weighted by molar-refractivity contribution is 5.71. The fourth-order valence-electron chi connectivity index (χ4n) is 5.05. The number of carbonyl (C=O) groups excluding carboxylic acids is 1. The van der Waals surface area contributed by atoms with Crippen molar-refractivity contribution in [1.29, 1.82) is 0 Å². The van der Waals surface area contributed by atoms with Gasteiger partial charge in [0.05, 0.1) is 0 Å². The summed E-state index contributed by atoms with van der Waals surface area (Å²) in [5, 5.41) is 4.26. The molecule has 164 valence electrons. The van der Waals surface area contributed by atoms with Gasteiger partial charge in [0.2, 0.25) is 5.82 Å². The lowest BCUT2D eigenvalue weighted by atomic mass is 9.80. The molecule has 0 N–H and O–H groups in total. The van der Waals surface area contributed by atoms with E-state index in [1.807, 2.05) is 12.1 Å². The van der Waals surface area contributed by atoms with Gasteiger partial charge in [-0.15, -0.1) is 0 Å². The Labute approximate surface area is 193 Å². The third-order valence-electron chi connectivity index (χ3n) is 7.05. The van der Waals surface area contributed by atoms with Crippen molar-refractivity contribution >= 4 is 6.29 Å². The van der Waals surface area contributed by atoms with Crippen LogP contribution in [0.3, 0.4) is 0 Å². The number of benzene rings is 3. The van der Waals surface area contributed by atoms with Crippen LogP contribution in [0, 0.1) is 12.8 Å². The summed E-state index contributed by atoms with van der Waals surface area (Å²) in [6.45, 7) is 3.98. The van der Waals surface area contributed by atoms with Crippen LogP contribution in [0.25, 0.3) is 34.0 Å². The molecule has 1 aliphatic heterocycles. The van der Waals surface area contributed by atoms with E-state index in [9.17, 15) is 4.79 Å². The van der Waals surface area contributed by atoms with Gasteiger partial charge < -0.3 is 9.32 Å². The van der Waals surface area contributed by atoms with Crippen LogP contribution in [-0.2, 0) is 17.9 Å². The molecule has 6 rings (SSSR count). The molecule has 0 unspecified atom stereocenters. The van der Waals surface area contributed by atoms with Gasteiger partial charge >= 0.3 is 0 Å². The Kier molecular flexibility index (Phi) is 4.92. The second kappa shape index (κ2) is 8.09. The third-order valence-corrected chi connectivity index (χ3v) is 7.05. The molecule has 4 aromatic rings. The molecule has 33 heavy (non-hydrogen) atoms. The maximum absolute atomic E-state index is 10.9. The van der Waals surface area contributed by atoms with E-state index < -0.39 is 0 Å². The molecular formula is C28H25N3O2. The Hall–Kier alpha value is -3.57. The molecule has 1 saturated carbocycles. The van der Waals surface area contributed by atoms with Crippen LogP contribution in [0.5, 0.6) is 0 Å². The minimum atomic E-state index is 0.248. The Morgan fingerprint density at radius 3 is 2.48 bits per heavy atom. The lowest BCUT2D eigenvalue weighted by Crippen LogP contribution is -2.42. The summed E-state index contributed by atoms with van der Waals surface area (Å²) in [5.74, 6) is 1.39. The van der Waals surface area contributed by atoms with Crippen LogP contribution in [0.1, 0.15) is 29.5 Å². The average molecular weight is 436 g/mol. The fraction of sp³-hybridized carbons (Fsp3) is 0.250.